The first-order valence-corrected chi connectivity index (χ1v) is 5.70. The molecule has 1 N–H and O–H groups in total. The Morgan fingerprint density at radius 1 is 1.10 bits per heavy atom. The zero-order valence-electron chi connectivity index (χ0n) is 10.4. The highest BCUT2D eigenvalue weighted by atomic mass is 19.2. The van der Waals surface area contributed by atoms with Crippen molar-refractivity contribution < 1.29 is 22.5 Å². The van der Waals surface area contributed by atoms with Crippen molar-refractivity contribution in [1.82, 2.24) is 0 Å². The van der Waals surface area contributed by atoms with E-state index in [0.29, 0.717) is 12.1 Å². The van der Waals surface area contributed by atoms with Crippen molar-refractivity contribution >= 4 is 11.4 Å². The summed E-state index contributed by atoms with van der Waals surface area (Å²) in [6.07, 6.45) is 0. The smallest absolute Gasteiger partial charge is 0.298 e. The molecule has 8 heteroatoms. The van der Waals surface area contributed by atoms with Crippen molar-refractivity contribution in [2.24, 2.45) is 0 Å². The van der Waals surface area contributed by atoms with Crippen molar-refractivity contribution in [3.05, 3.63) is 69.3 Å². The molecule has 110 valence electrons. The van der Waals surface area contributed by atoms with Gasteiger partial charge in [-0.2, -0.15) is 0 Å². The van der Waals surface area contributed by atoms with Gasteiger partial charge in [-0.3, -0.25) is 10.1 Å². The number of benzene rings is 2. The van der Waals surface area contributed by atoms with E-state index in [0.717, 1.165) is 6.07 Å². The van der Waals surface area contributed by atoms with E-state index in [-0.39, 0.29) is 5.56 Å². The van der Waals surface area contributed by atoms with Crippen molar-refractivity contribution in [2.45, 2.75) is 6.54 Å². The number of anilines is 1. The van der Waals surface area contributed by atoms with Crippen LogP contribution in [0.5, 0.6) is 0 Å². The van der Waals surface area contributed by atoms with Crippen molar-refractivity contribution in [1.29, 1.82) is 0 Å². The number of nitrogens with one attached hydrogen (secondary N) is 1. The number of nitrogens with zero attached hydrogens (tertiary/aromatic N) is 1. The predicted octanol–water partition coefficient (Wildman–Crippen LogP) is 3.76. The lowest BCUT2D eigenvalue weighted by Crippen LogP contribution is -2.07. The molecule has 0 fully saturated rings. The average molecular weight is 300 g/mol. The molecule has 2 rings (SSSR count). The first kappa shape index (κ1) is 14.8. The van der Waals surface area contributed by atoms with E-state index in [9.17, 15) is 27.7 Å². The fraction of sp³-hybridized carbons (Fsp3) is 0.0769. The van der Waals surface area contributed by atoms with Crippen molar-refractivity contribution in [2.75, 3.05) is 5.32 Å². The topological polar surface area (TPSA) is 55.2 Å². The lowest BCUT2D eigenvalue weighted by atomic mass is 10.2. The van der Waals surface area contributed by atoms with Gasteiger partial charge in [-0.1, -0.05) is 12.1 Å². The number of hydrogen-bond donors (Lipinski definition) is 1. The van der Waals surface area contributed by atoms with Crippen LogP contribution in [-0.4, -0.2) is 4.92 Å². The molecule has 21 heavy (non-hydrogen) atoms. The second-order valence-corrected chi connectivity index (χ2v) is 4.11. The van der Waals surface area contributed by atoms with E-state index < -0.39 is 46.1 Å². The molecule has 0 spiro atoms. The minimum Gasteiger partial charge on any atom is -0.373 e. The number of nitro benzene ring substituents is 1. The molecule has 2 aromatic carbocycles. The van der Waals surface area contributed by atoms with E-state index in [1.807, 2.05) is 0 Å². The van der Waals surface area contributed by atoms with E-state index in [2.05, 4.69) is 5.32 Å². The van der Waals surface area contributed by atoms with Gasteiger partial charge in [0.05, 0.1) is 11.0 Å². The maximum absolute atomic E-state index is 13.6. The summed E-state index contributed by atoms with van der Waals surface area (Å²) < 4.78 is 53.0. The van der Waals surface area contributed by atoms with Gasteiger partial charge in [0.25, 0.3) is 5.69 Å². The van der Waals surface area contributed by atoms with Gasteiger partial charge < -0.3 is 5.32 Å². The van der Waals surface area contributed by atoms with Gasteiger partial charge in [0.2, 0.25) is 0 Å². The van der Waals surface area contributed by atoms with Gasteiger partial charge >= 0.3 is 0 Å². The molecular weight excluding hydrogens is 292 g/mol. The Balaban J connectivity index is 2.32. The summed E-state index contributed by atoms with van der Waals surface area (Å²) in [5.74, 6) is -4.54. The quantitative estimate of drug-likeness (QED) is 0.531. The van der Waals surface area contributed by atoms with Gasteiger partial charge in [-0.15, -0.1) is 0 Å². The Morgan fingerprint density at radius 3 is 2.48 bits per heavy atom. The molecule has 0 saturated carbocycles. The van der Waals surface area contributed by atoms with Crippen molar-refractivity contribution in [3.63, 3.8) is 0 Å². The van der Waals surface area contributed by atoms with E-state index in [1.54, 1.807) is 0 Å². The van der Waals surface area contributed by atoms with Crippen LogP contribution in [0.3, 0.4) is 0 Å². The first-order chi connectivity index (χ1) is 9.90. The highest BCUT2D eigenvalue weighted by Crippen LogP contribution is 2.29. The Bertz CT molecular complexity index is 707. The molecule has 0 aliphatic rings. The molecule has 0 aromatic heterocycles. The largest absolute Gasteiger partial charge is 0.373 e. The molecule has 0 atom stereocenters. The summed E-state index contributed by atoms with van der Waals surface area (Å²) in [5.41, 5.74) is -1.57. The predicted molar refractivity (Wildman–Crippen MR) is 66.7 cm³/mol. The summed E-state index contributed by atoms with van der Waals surface area (Å²) in [7, 11) is 0. The Kier molecular flexibility index (Phi) is 4.06. The van der Waals surface area contributed by atoms with E-state index >= 15 is 0 Å². The third kappa shape index (κ3) is 3.10. The molecule has 0 amide bonds. The summed E-state index contributed by atoms with van der Waals surface area (Å²) in [4.78, 5) is 9.78. The van der Waals surface area contributed by atoms with Gasteiger partial charge in [-0.05, 0) is 6.07 Å². The highest BCUT2D eigenvalue weighted by Gasteiger charge is 2.20. The highest BCUT2D eigenvalue weighted by molar-refractivity contribution is 5.62. The second-order valence-electron chi connectivity index (χ2n) is 4.11. The van der Waals surface area contributed by atoms with Crippen LogP contribution in [0.25, 0.3) is 0 Å². The van der Waals surface area contributed by atoms with Crippen molar-refractivity contribution in [3.8, 4) is 0 Å². The maximum Gasteiger partial charge on any atom is 0.298 e. The van der Waals surface area contributed by atoms with Gasteiger partial charge in [0, 0.05) is 18.2 Å². The minimum absolute atomic E-state index is 0.145. The molecule has 0 unspecified atom stereocenters. The zero-order chi connectivity index (χ0) is 15.6. The molecule has 0 aliphatic carbocycles. The fourth-order valence-electron chi connectivity index (χ4n) is 1.75. The monoisotopic (exact) mass is 300 g/mol. The van der Waals surface area contributed by atoms with Gasteiger partial charge in [0.1, 0.15) is 11.5 Å². The number of halogens is 4. The molecule has 0 heterocycles. The second kappa shape index (κ2) is 5.78. The number of hydrogen-bond acceptors (Lipinski definition) is 3. The summed E-state index contributed by atoms with van der Waals surface area (Å²) in [6, 6.07) is 4.37. The van der Waals surface area contributed by atoms with Crippen LogP contribution in [0.1, 0.15) is 5.56 Å². The first-order valence-electron chi connectivity index (χ1n) is 5.70. The van der Waals surface area contributed by atoms with Crippen LogP contribution >= 0.6 is 0 Å². The van der Waals surface area contributed by atoms with Gasteiger partial charge in [-0.25, -0.2) is 17.6 Å². The minimum atomic E-state index is -1.20. The molecule has 0 radical (unpaired) electrons. The standard InChI is InChI=1S/C13H8F4N2O2/c14-8-4-10(16)13(11(5-8)19(20)21)18-6-7-2-1-3-9(15)12(7)17/h1-5,18H,6H2. The van der Waals surface area contributed by atoms with E-state index in [1.165, 1.54) is 12.1 Å². The summed E-state index contributed by atoms with van der Waals surface area (Å²) in [5, 5.41) is 13.0. The van der Waals surface area contributed by atoms with E-state index in [4.69, 9.17) is 0 Å². The average Bonchev–Trinajstić information content (AvgIpc) is 2.41. The van der Waals surface area contributed by atoms with Crippen LogP contribution in [0.15, 0.2) is 30.3 Å². The Hall–Kier alpha value is -2.64. The van der Waals surface area contributed by atoms with Crippen LogP contribution in [0.2, 0.25) is 0 Å². The molecule has 2 aromatic rings. The lowest BCUT2D eigenvalue weighted by Gasteiger charge is -2.09. The molecule has 4 nitrogen and oxygen atoms in total. The number of nitro groups is 1. The number of rotatable bonds is 4. The van der Waals surface area contributed by atoms with Crippen LogP contribution in [-0.2, 0) is 6.54 Å². The molecular formula is C13H8F4N2O2. The summed E-state index contributed by atoms with van der Waals surface area (Å²) >= 11 is 0. The van der Waals surface area contributed by atoms with Crippen LogP contribution in [0, 0.1) is 33.4 Å². The maximum atomic E-state index is 13.6. The third-order valence-electron chi connectivity index (χ3n) is 2.72. The third-order valence-corrected chi connectivity index (χ3v) is 2.72. The molecule has 0 bridgehead atoms. The normalized spacial score (nSPS) is 10.5. The summed E-state index contributed by atoms with van der Waals surface area (Å²) in [6.45, 7) is -0.396. The Labute approximate surface area is 116 Å². The van der Waals surface area contributed by atoms with Crippen LogP contribution < -0.4 is 5.32 Å². The molecule has 0 aliphatic heterocycles. The fourth-order valence-corrected chi connectivity index (χ4v) is 1.75. The van der Waals surface area contributed by atoms with Gasteiger partial charge in [0.15, 0.2) is 17.5 Å². The Morgan fingerprint density at radius 2 is 1.81 bits per heavy atom. The SMILES string of the molecule is O=[N+]([O-])c1cc(F)cc(F)c1NCc1cccc(F)c1F. The lowest BCUT2D eigenvalue weighted by molar-refractivity contribution is -0.384. The molecule has 0 saturated heterocycles. The zero-order valence-corrected chi connectivity index (χ0v) is 10.4. The van der Waals surface area contributed by atoms with Crippen LogP contribution in [0.4, 0.5) is 28.9 Å².